The van der Waals surface area contributed by atoms with Gasteiger partial charge in [0.2, 0.25) is 5.91 Å². The number of carbonyl (C=O) groups is 2. The maximum Gasteiger partial charge on any atom is 0.324 e. The first-order chi connectivity index (χ1) is 13.6. The van der Waals surface area contributed by atoms with E-state index in [1.165, 1.54) is 22.6 Å². The zero-order valence-electron chi connectivity index (χ0n) is 16.6. The maximum absolute atomic E-state index is 11.6. The molecule has 3 amide bonds. The average Bonchev–Trinajstić information content (AvgIpc) is 3.33. The second-order valence-corrected chi connectivity index (χ2v) is 8.31. The Morgan fingerprint density at radius 2 is 2.14 bits per heavy atom. The van der Waals surface area contributed by atoms with Crippen molar-refractivity contribution in [2.24, 2.45) is 10.9 Å². The first-order valence-corrected chi connectivity index (χ1v) is 10.8. The Labute approximate surface area is 170 Å². The van der Waals surface area contributed by atoms with E-state index in [9.17, 15) is 9.59 Å². The molecule has 0 aliphatic carbocycles. The molecule has 1 aromatic heterocycles. The lowest BCUT2D eigenvalue weighted by Crippen LogP contribution is -2.46. The zero-order valence-corrected chi connectivity index (χ0v) is 17.4. The number of hydrogen-bond acceptors (Lipinski definition) is 5. The van der Waals surface area contributed by atoms with E-state index in [0.717, 1.165) is 25.6 Å². The fourth-order valence-electron chi connectivity index (χ4n) is 3.61. The van der Waals surface area contributed by atoms with Crippen molar-refractivity contribution < 1.29 is 9.59 Å². The molecule has 0 saturated carbocycles. The summed E-state index contributed by atoms with van der Waals surface area (Å²) in [6.07, 6.45) is 2.47. The highest BCUT2D eigenvalue weighted by Crippen LogP contribution is 2.28. The van der Waals surface area contributed by atoms with Crippen molar-refractivity contribution >= 4 is 29.2 Å². The normalized spacial score (nSPS) is 20.4. The summed E-state index contributed by atoms with van der Waals surface area (Å²) < 4.78 is 0. The number of amides is 3. The number of nitrogens with one attached hydrogen (secondary N) is 3. The molecule has 0 radical (unpaired) electrons. The molecule has 2 aliphatic rings. The van der Waals surface area contributed by atoms with E-state index in [1.807, 2.05) is 0 Å². The van der Waals surface area contributed by atoms with Gasteiger partial charge in [-0.2, -0.15) is 0 Å². The van der Waals surface area contributed by atoms with Gasteiger partial charge >= 0.3 is 6.03 Å². The van der Waals surface area contributed by atoms with E-state index in [0.29, 0.717) is 25.1 Å². The second-order valence-electron chi connectivity index (χ2n) is 7.33. The third-order valence-corrected chi connectivity index (χ3v) is 6.36. The standard InChI is InChI=1S/C19H30N6O2S/c1-14-5-8-24(9-6-14)15(16-4-3-11-28-16)12-22-18(20-2)21-7-10-25-17(26)13-23-19(25)27/h3-4,11,14-15H,5-10,12-13H2,1-2H3,(H,23,27)(H2,20,21,22). The summed E-state index contributed by atoms with van der Waals surface area (Å²) in [5.74, 6) is 1.29. The molecule has 1 aromatic rings. The zero-order chi connectivity index (χ0) is 19.9. The molecule has 8 nitrogen and oxygen atoms in total. The Bertz CT molecular complexity index is 669. The van der Waals surface area contributed by atoms with Gasteiger partial charge in [0.25, 0.3) is 0 Å². The molecule has 28 heavy (non-hydrogen) atoms. The van der Waals surface area contributed by atoms with Crippen LogP contribution in [-0.2, 0) is 4.79 Å². The van der Waals surface area contributed by atoms with E-state index >= 15 is 0 Å². The lowest BCUT2D eigenvalue weighted by Gasteiger charge is -2.36. The number of urea groups is 1. The summed E-state index contributed by atoms with van der Waals surface area (Å²) in [5, 5.41) is 11.3. The Kier molecular flexibility index (Phi) is 7.27. The summed E-state index contributed by atoms with van der Waals surface area (Å²) in [5.41, 5.74) is 0. The molecule has 1 atom stereocenters. The van der Waals surface area contributed by atoms with Crippen molar-refractivity contribution in [3.63, 3.8) is 0 Å². The number of thiophene rings is 1. The van der Waals surface area contributed by atoms with Gasteiger partial charge < -0.3 is 16.0 Å². The van der Waals surface area contributed by atoms with E-state index in [2.05, 4.69) is 50.3 Å². The highest BCUT2D eigenvalue weighted by molar-refractivity contribution is 7.10. The van der Waals surface area contributed by atoms with Gasteiger partial charge in [0.1, 0.15) is 0 Å². The third kappa shape index (κ3) is 5.23. The molecule has 3 heterocycles. The number of hydrogen-bond donors (Lipinski definition) is 3. The smallest absolute Gasteiger partial charge is 0.324 e. The first kappa shape index (κ1) is 20.6. The van der Waals surface area contributed by atoms with Crippen molar-refractivity contribution in [2.45, 2.75) is 25.8 Å². The molecule has 154 valence electrons. The highest BCUT2D eigenvalue weighted by Gasteiger charge is 2.28. The molecule has 2 fully saturated rings. The third-order valence-electron chi connectivity index (χ3n) is 5.38. The Morgan fingerprint density at radius 1 is 1.36 bits per heavy atom. The molecule has 3 rings (SSSR count). The van der Waals surface area contributed by atoms with Crippen molar-refractivity contribution in [2.75, 3.05) is 46.3 Å². The van der Waals surface area contributed by atoms with Gasteiger partial charge in [-0.05, 0) is 43.3 Å². The van der Waals surface area contributed by atoms with Gasteiger partial charge in [-0.1, -0.05) is 13.0 Å². The fraction of sp³-hybridized carbons (Fsp3) is 0.632. The van der Waals surface area contributed by atoms with Crippen LogP contribution in [0.3, 0.4) is 0 Å². The number of nitrogens with zero attached hydrogens (tertiary/aromatic N) is 3. The fourth-order valence-corrected chi connectivity index (χ4v) is 4.47. The van der Waals surface area contributed by atoms with E-state index in [1.54, 1.807) is 18.4 Å². The van der Waals surface area contributed by atoms with Gasteiger partial charge in [0, 0.05) is 31.6 Å². The molecule has 0 spiro atoms. The van der Waals surface area contributed by atoms with Gasteiger partial charge in [0.15, 0.2) is 5.96 Å². The lowest BCUT2D eigenvalue weighted by atomic mass is 9.97. The number of piperidine rings is 1. The molecular formula is C19H30N6O2S. The van der Waals surface area contributed by atoms with Gasteiger partial charge in [-0.25, -0.2) is 4.79 Å². The molecular weight excluding hydrogens is 376 g/mol. The SMILES string of the molecule is CN=C(NCCN1C(=O)CNC1=O)NCC(c1cccs1)N1CCC(C)CC1. The van der Waals surface area contributed by atoms with Crippen LogP contribution in [-0.4, -0.2) is 74.0 Å². The van der Waals surface area contributed by atoms with Gasteiger partial charge in [0.05, 0.1) is 12.6 Å². The van der Waals surface area contributed by atoms with Crippen LogP contribution in [0.2, 0.25) is 0 Å². The quantitative estimate of drug-likeness (QED) is 0.360. The number of imide groups is 1. The predicted molar refractivity (Wildman–Crippen MR) is 112 cm³/mol. The van der Waals surface area contributed by atoms with Gasteiger partial charge in [-0.3, -0.25) is 19.6 Å². The van der Waals surface area contributed by atoms with E-state index in [4.69, 9.17) is 0 Å². The van der Waals surface area contributed by atoms with E-state index < -0.39 is 0 Å². The van der Waals surface area contributed by atoms with Crippen molar-refractivity contribution in [1.29, 1.82) is 0 Å². The number of aliphatic imine (C=N–C) groups is 1. The first-order valence-electron chi connectivity index (χ1n) is 9.88. The monoisotopic (exact) mass is 406 g/mol. The van der Waals surface area contributed by atoms with Crippen LogP contribution in [0.1, 0.15) is 30.7 Å². The number of guanidine groups is 1. The minimum absolute atomic E-state index is 0.0861. The Hall–Kier alpha value is -2.13. The molecule has 1 unspecified atom stereocenters. The van der Waals surface area contributed by atoms with Crippen LogP contribution < -0.4 is 16.0 Å². The summed E-state index contributed by atoms with van der Waals surface area (Å²) in [7, 11) is 1.73. The number of likely N-dealkylation sites (tertiary alicyclic amines) is 1. The molecule has 3 N–H and O–H groups in total. The van der Waals surface area contributed by atoms with Crippen LogP contribution in [0.4, 0.5) is 4.79 Å². The topological polar surface area (TPSA) is 89.1 Å². The van der Waals surface area contributed by atoms with E-state index in [-0.39, 0.29) is 18.5 Å². The minimum Gasteiger partial charge on any atom is -0.355 e. The summed E-state index contributed by atoms with van der Waals surface area (Å²) >= 11 is 1.79. The summed E-state index contributed by atoms with van der Waals surface area (Å²) in [6.45, 7) is 6.19. The predicted octanol–water partition coefficient (Wildman–Crippen LogP) is 1.24. The van der Waals surface area contributed by atoms with Crippen LogP contribution in [0, 0.1) is 5.92 Å². The molecule has 2 aliphatic heterocycles. The Morgan fingerprint density at radius 3 is 2.75 bits per heavy atom. The molecule has 9 heteroatoms. The minimum atomic E-state index is -0.327. The number of carbonyl (C=O) groups excluding carboxylic acids is 2. The lowest BCUT2D eigenvalue weighted by molar-refractivity contribution is -0.124. The largest absolute Gasteiger partial charge is 0.355 e. The number of rotatable bonds is 7. The Balaban J connectivity index is 1.51. The van der Waals surface area contributed by atoms with Crippen molar-refractivity contribution in [3.8, 4) is 0 Å². The van der Waals surface area contributed by atoms with Crippen LogP contribution in [0.25, 0.3) is 0 Å². The van der Waals surface area contributed by atoms with Gasteiger partial charge in [-0.15, -0.1) is 11.3 Å². The summed E-state index contributed by atoms with van der Waals surface area (Å²) in [6, 6.07) is 4.29. The van der Waals surface area contributed by atoms with Crippen molar-refractivity contribution in [1.82, 2.24) is 25.8 Å². The molecule has 0 aromatic carbocycles. The van der Waals surface area contributed by atoms with Crippen LogP contribution >= 0.6 is 11.3 Å². The molecule has 2 saturated heterocycles. The van der Waals surface area contributed by atoms with Crippen LogP contribution in [0.5, 0.6) is 0 Å². The maximum atomic E-state index is 11.6. The average molecular weight is 407 g/mol. The van der Waals surface area contributed by atoms with Crippen LogP contribution in [0.15, 0.2) is 22.5 Å². The highest BCUT2D eigenvalue weighted by atomic mass is 32.1. The molecule has 0 bridgehead atoms. The van der Waals surface area contributed by atoms with Crippen molar-refractivity contribution in [3.05, 3.63) is 22.4 Å². The second kappa shape index (κ2) is 9.88. The summed E-state index contributed by atoms with van der Waals surface area (Å²) in [4.78, 5) is 32.6.